The van der Waals surface area contributed by atoms with Gasteiger partial charge in [0, 0.05) is 23.0 Å². The molecule has 148 valence electrons. The van der Waals surface area contributed by atoms with Crippen LogP contribution in [0.4, 0.5) is 0 Å². The zero-order chi connectivity index (χ0) is 20.5. The van der Waals surface area contributed by atoms with E-state index in [0.29, 0.717) is 21.7 Å². The van der Waals surface area contributed by atoms with Crippen LogP contribution in [0.2, 0.25) is 0 Å². The van der Waals surface area contributed by atoms with Gasteiger partial charge in [0.25, 0.3) is 11.5 Å². The van der Waals surface area contributed by atoms with E-state index in [1.165, 1.54) is 11.3 Å². The summed E-state index contributed by atoms with van der Waals surface area (Å²) in [6.07, 6.45) is 3.61. The molecule has 6 heteroatoms. The quantitative estimate of drug-likeness (QED) is 0.489. The van der Waals surface area contributed by atoms with Crippen LogP contribution in [0.15, 0.2) is 77.7 Å². The average Bonchev–Trinajstić information content (AvgIpc) is 3.29. The lowest BCUT2D eigenvalue weighted by Gasteiger charge is -2.25. The van der Waals surface area contributed by atoms with Crippen LogP contribution in [-0.4, -0.2) is 27.3 Å². The van der Waals surface area contributed by atoms with Gasteiger partial charge < -0.3 is 4.90 Å². The molecule has 2 aromatic heterocycles. The second-order valence-corrected chi connectivity index (χ2v) is 8.35. The van der Waals surface area contributed by atoms with E-state index < -0.39 is 0 Å². The van der Waals surface area contributed by atoms with Crippen LogP contribution < -0.4 is 5.56 Å². The maximum Gasteiger partial charge on any atom is 0.279 e. The number of nitrogens with zero attached hydrogens (tertiary/aromatic N) is 3. The molecule has 3 heterocycles. The minimum Gasteiger partial charge on any atom is -0.332 e. The molecule has 0 spiro atoms. The Kier molecular flexibility index (Phi) is 4.85. The molecule has 0 radical (unpaired) electrons. The maximum absolute atomic E-state index is 13.0. The molecule has 1 aliphatic rings. The Morgan fingerprint density at radius 2 is 1.83 bits per heavy atom. The van der Waals surface area contributed by atoms with Crippen molar-refractivity contribution >= 4 is 27.3 Å². The van der Waals surface area contributed by atoms with Gasteiger partial charge in [-0.3, -0.25) is 14.6 Å². The van der Waals surface area contributed by atoms with Crippen molar-refractivity contribution in [3.63, 3.8) is 0 Å². The normalized spacial score (nSPS) is 16.1. The minimum absolute atomic E-state index is 0.00312. The summed E-state index contributed by atoms with van der Waals surface area (Å²) in [6, 6.07) is 20.8. The van der Waals surface area contributed by atoms with Crippen molar-refractivity contribution in [2.75, 3.05) is 6.54 Å². The van der Waals surface area contributed by atoms with E-state index in [2.05, 4.69) is 9.97 Å². The van der Waals surface area contributed by atoms with Gasteiger partial charge >= 0.3 is 0 Å². The third-order valence-electron chi connectivity index (χ3n) is 5.45. The first kappa shape index (κ1) is 18.6. The maximum atomic E-state index is 13.0. The smallest absolute Gasteiger partial charge is 0.279 e. The first-order chi connectivity index (χ1) is 14.7. The van der Waals surface area contributed by atoms with E-state index in [1.54, 1.807) is 12.3 Å². The van der Waals surface area contributed by atoms with Crippen LogP contribution in [0.3, 0.4) is 0 Å². The summed E-state index contributed by atoms with van der Waals surface area (Å²) in [5.41, 5.74) is 2.15. The number of amides is 1. The van der Waals surface area contributed by atoms with E-state index >= 15 is 0 Å². The summed E-state index contributed by atoms with van der Waals surface area (Å²) >= 11 is 1.46. The molecule has 1 fully saturated rings. The molecule has 5 rings (SSSR count). The Balaban J connectivity index is 1.50. The van der Waals surface area contributed by atoms with E-state index in [4.69, 9.17) is 0 Å². The van der Waals surface area contributed by atoms with Crippen molar-refractivity contribution in [2.45, 2.75) is 18.9 Å². The number of likely N-dealkylation sites (tertiary alicyclic amines) is 1. The van der Waals surface area contributed by atoms with Gasteiger partial charge in [-0.15, -0.1) is 11.3 Å². The highest BCUT2D eigenvalue weighted by Crippen LogP contribution is 2.35. The van der Waals surface area contributed by atoms with E-state index in [-0.39, 0.29) is 17.5 Å². The van der Waals surface area contributed by atoms with Gasteiger partial charge in [0.15, 0.2) is 0 Å². The van der Waals surface area contributed by atoms with Crippen LogP contribution >= 0.6 is 11.3 Å². The Hall–Kier alpha value is -3.38. The van der Waals surface area contributed by atoms with Crippen molar-refractivity contribution in [2.24, 2.45) is 0 Å². The lowest BCUT2D eigenvalue weighted by Crippen LogP contribution is -2.30. The highest BCUT2D eigenvalue weighted by Gasteiger charge is 2.30. The molecule has 1 unspecified atom stereocenters. The van der Waals surface area contributed by atoms with Gasteiger partial charge in [0.2, 0.25) is 0 Å². The average molecular weight is 414 g/mol. The van der Waals surface area contributed by atoms with E-state index in [9.17, 15) is 9.59 Å². The number of carbonyl (C=O) groups excluding carboxylic acids is 1. The lowest BCUT2D eigenvalue weighted by molar-refractivity contribution is 0.0735. The summed E-state index contributed by atoms with van der Waals surface area (Å²) in [7, 11) is 0. The van der Waals surface area contributed by atoms with Crippen molar-refractivity contribution < 1.29 is 4.79 Å². The molecule has 2 aromatic carbocycles. The van der Waals surface area contributed by atoms with Crippen LogP contribution in [0.5, 0.6) is 0 Å². The highest BCUT2D eigenvalue weighted by atomic mass is 32.1. The predicted octanol–water partition coefficient (Wildman–Crippen LogP) is 4.70. The monoisotopic (exact) mass is 413 g/mol. The van der Waals surface area contributed by atoms with Gasteiger partial charge in [-0.1, -0.05) is 30.3 Å². The van der Waals surface area contributed by atoms with Crippen LogP contribution in [-0.2, 0) is 0 Å². The molecular formula is C24H19N3O2S. The zero-order valence-electron chi connectivity index (χ0n) is 16.2. The molecule has 4 aromatic rings. The van der Waals surface area contributed by atoms with Gasteiger partial charge in [0.1, 0.15) is 5.01 Å². The van der Waals surface area contributed by atoms with Crippen molar-refractivity contribution in [1.82, 2.24) is 14.9 Å². The number of hydrogen-bond donors (Lipinski definition) is 0. The number of benzene rings is 2. The summed E-state index contributed by atoms with van der Waals surface area (Å²) in [6.45, 7) is 0.734. The van der Waals surface area contributed by atoms with Crippen LogP contribution in [0.1, 0.15) is 34.8 Å². The van der Waals surface area contributed by atoms with Crippen LogP contribution in [0.25, 0.3) is 20.8 Å². The van der Waals surface area contributed by atoms with Crippen LogP contribution in [0, 0.1) is 0 Å². The Morgan fingerprint density at radius 1 is 1.03 bits per heavy atom. The molecule has 0 bridgehead atoms. The standard InChI is InChI=1S/C24H19N3O2S/c28-22-18-9-4-5-11-21(18)30-23(26-22)19-15-17(12-13-25-19)20-10-6-14-27(20)24(29)16-7-2-1-3-8-16/h1-5,7-9,11-13,15,20H,6,10,14H2. The molecule has 30 heavy (non-hydrogen) atoms. The number of fused-ring (bicyclic) bond motifs is 1. The second kappa shape index (κ2) is 7.80. The molecule has 0 N–H and O–H groups in total. The van der Waals surface area contributed by atoms with Gasteiger partial charge in [-0.25, -0.2) is 0 Å². The zero-order valence-corrected chi connectivity index (χ0v) is 17.0. The molecule has 1 saturated heterocycles. The van der Waals surface area contributed by atoms with Crippen molar-refractivity contribution in [3.05, 3.63) is 94.4 Å². The van der Waals surface area contributed by atoms with Crippen molar-refractivity contribution in [1.29, 1.82) is 0 Å². The summed E-state index contributed by atoms with van der Waals surface area (Å²) in [5.74, 6) is 0.0462. The van der Waals surface area contributed by atoms with Gasteiger partial charge in [0.05, 0.1) is 17.1 Å². The predicted molar refractivity (Wildman–Crippen MR) is 119 cm³/mol. The molecular weight excluding hydrogens is 394 g/mol. The van der Waals surface area contributed by atoms with E-state index in [1.807, 2.05) is 65.6 Å². The number of hydrogen-bond acceptors (Lipinski definition) is 5. The molecule has 1 atom stereocenters. The minimum atomic E-state index is -0.242. The summed E-state index contributed by atoms with van der Waals surface area (Å²) < 4.78 is 0.890. The number of pyridine rings is 1. The van der Waals surface area contributed by atoms with Gasteiger partial charge in [-0.05, 0) is 54.8 Å². The third-order valence-corrected chi connectivity index (χ3v) is 6.52. The topological polar surface area (TPSA) is 63.2 Å². The van der Waals surface area contributed by atoms with Gasteiger partial charge in [-0.2, -0.15) is 4.98 Å². The first-order valence-corrected chi connectivity index (χ1v) is 10.7. The number of aromatic nitrogens is 2. The molecule has 1 aliphatic heterocycles. The fourth-order valence-corrected chi connectivity index (χ4v) is 4.96. The first-order valence-electron chi connectivity index (χ1n) is 9.93. The van der Waals surface area contributed by atoms with Crippen molar-refractivity contribution in [3.8, 4) is 10.7 Å². The largest absolute Gasteiger partial charge is 0.332 e. The third kappa shape index (κ3) is 3.39. The second-order valence-electron chi connectivity index (χ2n) is 7.32. The fraction of sp³-hybridized carbons (Fsp3) is 0.167. The molecule has 5 nitrogen and oxygen atoms in total. The SMILES string of the molecule is O=C(c1ccccc1)N1CCCC1c1ccnc(-c2nc(=O)c3ccccc3s2)c1. The summed E-state index contributed by atoms with van der Waals surface area (Å²) in [4.78, 5) is 36.1. The Labute approximate surface area is 177 Å². The number of rotatable bonds is 3. The highest BCUT2D eigenvalue weighted by molar-refractivity contribution is 7.21. The molecule has 0 saturated carbocycles. The summed E-state index contributed by atoms with van der Waals surface area (Å²) in [5, 5.41) is 1.22. The Morgan fingerprint density at radius 3 is 2.70 bits per heavy atom. The molecule has 0 aliphatic carbocycles. The lowest BCUT2D eigenvalue weighted by atomic mass is 10.0. The fourth-order valence-electron chi connectivity index (χ4n) is 4.00. The van der Waals surface area contributed by atoms with E-state index in [0.717, 1.165) is 29.6 Å². The Bertz CT molecular complexity index is 1290. The number of carbonyl (C=O) groups is 1. The molecule has 1 amide bonds.